The molecule has 1 spiro atoms. The van der Waals surface area contributed by atoms with Crippen molar-refractivity contribution in [3.8, 4) is 5.88 Å². The van der Waals surface area contributed by atoms with Gasteiger partial charge >= 0.3 is 0 Å². The molecule has 9 rings (SSSR count). The monoisotopic (exact) mass is 813 g/mol. The molecule has 306 valence electrons. The number of pyridine rings is 1. The van der Waals surface area contributed by atoms with Crippen molar-refractivity contribution < 1.29 is 37.5 Å². The number of piperidine rings is 1. The van der Waals surface area contributed by atoms with Crippen LogP contribution in [0.5, 0.6) is 5.88 Å². The van der Waals surface area contributed by atoms with Crippen molar-refractivity contribution in [2.45, 2.75) is 87.4 Å². The molecule has 0 unspecified atom stereocenters. The quantitative estimate of drug-likeness (QED) is 0.120. The molecule has 17 heteroatoms. The summed E-state index contributed by atoms with van der Waals surface area (Å²) in [7, 11) is -4.60. The SMILES string of the molecule is C[C@]1(O)CC[C@H](CNc2ccc(S(=O)(=O)NC(=O)c3ccc(N4CCC5(CC4)CC(=O)C5)cc3N3c4cc5cc[nH]c5nc4O[C@H]4COCC[C@@H]43)cc2[N+](=O)[O-])CC1. The van der Waals surface area contributed by atoms with Gasteiger partial charge in [0.05, 0.1) is 39.3 Å². The Kier molecular flexibility index (Phi) is 9.59. The number of ether oxygens (including phenoxy) is 2. The van der Waals surface area contributed by atoms with Gasteiger partial charge < -0.3 is 34.7 Å². The Hall–Kier alpha value is -5.26. The van der Waals surface area contributed by atoms with Crippen LogP contribution in [-0.2, 0) is 19.6 Å². The number of benzene rings is 2. The molecule has 0 radical (unpaired) electrons. The number of nitro groups is 1. The third-order valence-electron chi connectivity index (χ3n) is 12.9. The Morgan fingerprint density at radius 1 is 1.05 bits per heavy atom. The number of nitrogens with one attached hydrogen (secondary N) is 3. The lowest BCUT2D eigenvalue weighted by Gasteiger charge is -2.48. The minimum absolute atomic E-state index is 0.0541. The maximum atomic E-state index is 14.4. The van der Waals surface area contributed by atoms with Crippen LogP contribution in [0.25, 0.3) is 11.0 Å². The van der Waals surface area contributed by atoms with E-state index in [4.69, 9.17) is 14.5 Å². The minimum atomic E-state index is -4.60. The zero-order chi connectivity index (χ0) is 40.4. The molecule has 2 aromatic heterocycles. The van der Waals surface area contributed by atoms with E-state index in [0.717, 1.165) is 55.9 Å². The lowest BCUT2D eigenvalue weighted by Crippen LogP contribution is -2.53. The number of nitrogens with zero attached hydrogens (tertiary/aromatic N) is 4. The lowest BCUT2D eigenvalue weighted by molar-refractivity contribution is -0.384. The largest absolute Gasteiger partial charge is 0.468 e. The van der Waals surface area contributed by atoms with Crippen LogP contribution in [0.4, 0.5) is 28.4 Å². The maximum absolute atomic E-state index is 14.4. The zero-order valence-electron chi connectivity index (χ0n) is 32.2. The summed E-state index contributed by atoms with van der Waals surface area (Å²) in [5.41, 5.74) is 1.70. The molecule has 5 aliphatic rings. The van der Waals surface area contributed by atoms with Crippen molar-refractivity contribution in [3.63, 3.8) is 0 Å². The van der Waals surface area contributed by atoms with E-state index >= 15 is 0 Å². The summed E-state index contributed by atoms with van der Waals surface area (Å²) in [5, 5.41) is 26.5. The predicted octanol–water partition coefficient (Wildman–Crippen LogP) is 5.58. The van der Waals surface area contributed by atoms with E-state index in [1.54, 1.807) is 19.2 Å². The third kappa shape index (κ3) is 7.23. The predicted molar refractivity (Wildman–Crippen MR) is 215 cm³/mol. The molecule has 4 N–H and O–H groups in total. The van der Waals surface area contributed by atoms with Gasteiger partial charge in [-0.15, -0.1) is 0 Å². The molecule has 5 heterocycles. The van der Waals surface area contributed by atoms with Gasteiger partial charge in [0.15, 0.2) is 0 Å². The average Bonchev–Trinajstić information content (AvgIpc) is 3.65. The zero-order valence-corrected chi connectivity index (χ0v) is 33.1. The van der Waals surface area contributed by atoms with Crippen LogP contribution in [0.3, 0.4) is 0 Å². The molecule has 2 saturated heterocycles. The number of hydrogen-bond acceptors (Lipinski definition) is 13. The number of sulfonamides is 1. The summed E-state index contributed by atoms with van der Waals surface area (Å²) >= 11 is 0. The number of Topliss-reactive ketones (excluding diaryl/α,β-unsaturated/α-hetero) is 1. The van der Waals surface area contributed by atoms with Gasteiger partial charge in [0, 0.05) is 62.4 Å². The number of H-pyrrole nitrogens is 1. The number of ketones is 1. The molecular formula is C41H47N7O9S. The standard InChI is InChI=1S/C41H47N7O9S/c1-40(51)10-6-25(7-11-40)23-43-31-5-3-29(20-34(31)48(52)53)58(54,55)45-38(50)30-4-2-27(46-15-12-41(13-16-46)21-28(49)22-41)19-33(30)47-32-9-17-56-24-36(32)57-39-35(47)18-26-8-14-42-37(26)44-39/h2-5,8,14,18-20,25,32,36,43,51H,6-7,9-13,15-17,21-24H2,1H3,(H,42,44)(H,45,50)/t25-,32-,36-,40-/m0/s1. The van der Waals surface area contributed by atoms with Crippen LogP contribution in [-0.4, -0.2) is 90.7 Å². The van der Waals surface area contributed by atoms with Crippen LogP contribution >= 0.6 is 0 Å². The van der Waals surface area contributed by atoms with Crippen molar-refractivity contribution in [2.24, 2.45) is 11.3 Å². The molecular weight excluding hydrogens is 767 g/mol. The molecule has 2 saturated carbocycles. The molecule has 3 aliphatic heterocycles. The molecule has 16 nitrogen and oxygen atoms in total. The number of rotatable bonds is 9. The van der Waals surface area contributed by atoms with Gasteiger partial charge in [-0.05, 0) is 106 Å². The fourth-order valence-electron chi connectivity index (χ4n) is 9.41. The highest BCUT2D eigenvalue weighted by molar-refractivity contribution is 7.90. The van der Waals surface area contributed by atoms with E-state index in [1.807, 2.05) is 29.2 Å². The van der Waals surface area contributed by atoms with Crippen molar-refractivity contribution >= 4 is 61.2 Å². The fourth-order valence-corrected chi connectivity index (χ4v) is 10.4. The number of aromatic amines is 1. The highest BCUT2D eigenvalue weighted by Crippen LogP contribution is 2.49. The van der Waals surface area contributed by atoms with E-state index < -0.39 is 43.1 Å². The fraction of sp³-hybridized carbons (Fsp3) is 0.488. The topological polar surface area (TPSA) is 209 Å². The average molecular weight is 814 g/mol. The second kappa shape index (κ2) is 14.5. The number of hydrogen-bond donors (Lipinski definition) is 4. The Morgan fingerprint density at radius 3 is 2.57 bits per heavy atom. The first kappa shape index (κ1) is 38.3. The number of anilines is 4. The van der Waals surface area contributed by atoms with Gasteiger partial charge in [-0.2, -0.15) is 4.98 Å². The Bertz CT molecular complexity index is 2390. The van der Waals surface area contributed by atoms with Gasteiger partial charge in [-0.1, -0.05) is 0 Å². The minimum Gasteiger partial charge on any atom is -0.468 e. The summed E-state index contributed by atoms with van der Waals surface area (Å²) in [6.45, 7) is 4.43. The van der Waals surface area contributed by atoms with Crippen molar-refractivity contribution in [2.75, 3.05) is 48.0 Å². The molecule has 2 aromatic carbocycles. The molecule has 0 bridgehead atoms. The summed E-state index contributed by atoms with van der Waals surface area (Å²) in [5.74, 6) is -0.0610. The van der Waals surface area contributed by atoms with E-state index in [-0.39, 0.29) is 28.6 Å². The molecule has 2 aliphatic carbocycles. The molecule has 4 fully saturated rings. The first-order valence-electron chi connectivity index (χ1n) is 20.0. The van der Waals surface area contributed by atoms with Gasteiger partial charge in [-0.25, -0.2) is 13.1 Å². The summed E-state index contributed by atoms with van der Waals surface area (Å²) < 4.78 is 42.3. The van der Waals surface area contributed by atoms with Crippen LogP contribution in [0.1, 0.15) is 75.1 Å². The van der Waals surface area contributed by atoms with Crippen molar-refractivity contribution in [1.29, 1.82) is 0 Å². The first-order valence-corrected chi connectivity index (χ1v) is 21.5. The number of amides is 1. The highest BCUT2D eigenvalue weighted by Gasteiger charge is 2.46. The normalized spacial score (nSPS) is 25.3. The summed E-state index contributed by atoms with van der Waals surface area (Å²) in [6.07, 6.45) is 7.66. The number of aliphatic hydroxyl groups is 1. The van der Waals surface area contributed by atoms with Gasteiger partial charge in [0.2, 0.25) is 5.88 Å². The Labute approximate surface area is 335 Å². The van der Waals surface area contributed by atoms with Crippen LogP contribution in [0.15, 0.2) is 59.6 Å². The molecule has 1 amide bonds. The van der Waals surface area contributed by atoms with Gasteiger partial charge in [-0.3, -0.25) is 19.7 Å². The van der Waals surface area contributed by atoms with Crippen LogP contribution in [0, 0.1) is 21.4 Å². The Morgan fingerprint density at radius 2 is 1.83 bits per heavy atom. The number of carbonyl (C=O) groups is 2. The third-order valence-corrected chi connectivity index (χ3v) is 14.2. The number of fused-ring (bicyclic) bond motifs is 3. The number of nitro benzene ring substituents is 1. The smallest absolute Gasteiger partial charge is 0.293 e. The van der Waals surface area contributed by atoms with Crippen LogP contribution in [0.2, 0.25) is 0 Å². The second-order valence-corrected chi connectivity index (χ2v) is 18.6. The molecule has 58 heavy (non-hydrogen) atoms. The second-order valence-electron chi connectivity index (χ2n) is 17.0. The van der Waals surface area contributed by atoms with E-state index in [0.29, 0.717) is 80.5 Å². The Balaban J connectivity index is 1.04. The van der Waals surface area contributed by atoms with E-state index in [2.05, 4.69) is 19.9 Å². The summed E-state index contributed by atoms with van der Waals surface area (Å²) in [4.78, 5) is 49.6. The van der Waals surface area contributed by atoms with Crippen LogP contribution < -0.4 is 24.6 Å². The number of aromatic nitrogens is 2. The first-order chi connectivity index (χ1) is 27.8. The maximum Gasteiger partial charge on any atom is 0.293 e. The number of carbonyl (C=O) groups excluding carboxylic acids is 2. The van der Waals surface area contributed by atoms with Gasteiger partial charge in [0.25, 0.3) is 21.6 Å². The van der Waals surface area contributed by atoms with Crippen molar-refractivity contribution in [3.05, 3.63) is 70.4 Å². The molecule has 4 aromatic rings. The van der Waals surface area contributed by atoms with E-state index in [1.165, 1.54) is 12.1 Å². The van der Waals surface area contributed by atoms with E-state index in [9.17, 15) is 33.2 Å². The molecule has 2 atom stereocenters. The lowest BCUT2D eigenvalue weighted by atomic mass is 9.62. The highest BCUT2D eigenvalue weighted by atomic mass is 32.2. The summed E-state index contributed by atoms with van der Waals surface area (Å²) in [6, 6.07) is 12.5. The van der Waals surface area contributed by atoms with Crippen molar-refractivity contribution in [1.82, 2.24) is 14.7 Å². The van der Waals surface area contributed by atoms with Gasteiger partial charge in [0.1, 0.15) is 28.9 Å².